The number of likely N-dealkylation sites (tertiary alicyclic amines) is 1. The van der Waals surface area contributed by atoms with E-state index >= 15 is 0 Å². The summed E-state index contributed by atoms with van der Waals surface area (Å²) in [6.07, 6.45) is 5.05. The molecule has 7 heteroatoms. The lowest BCUT2D eigenvalue weighted by Gasteiger charge is -2.33. The van der Waals surface area contributed by atoms with Gasteiger partial charge in [0.05, 0.1) is 19.8 Å². The van der Waals surface area contributed by atoms with Gasteiger partial charge in [-0.25, -0.2) is 0 Å². The van der Waals surface area contributed by atoms with Crippen LogP contribution in [0.25, 0.3) is 0 Å². The second-order valence-corrected chi connectivity index (χ2v) is 7.12. The van der Waals surface area contributed by atoms with Crippen molar-refractivity contribution in [1.29, 1.82) is 0 Å². The first-order valence-electron chi connectivity index (χ1n) is 8.48. The van der Waals surface area contributed by atoms with Crippen molar-refractivity contribution in [3.8, 4) is 11.5 Å². The molecule has 26 heavy (non-hydrogen) atoms. The predicted molar refractivity (Wildman–Crippen MR) is 104 cm³/mol. The van der Waals surface area contributed by atoms with Crippen LogP contribution in [-0.4, -0.2) is 49.1 Å². The Kier molecular flexibility index (Phi) is 5.98. The summed E-state index contributed by atoms with van der Waals surface area (Å²) in [5, 5.41) is 3.52. The zero-order valence-electron chi connectivity index (χ0n) is 14.9. The minimum atomic E-state index is 0.0281. The Bertz CT molecular complexity index is 754. The average Bonchev–Trinajstić information content (AvgIpc) is 2.67. The number of piperidine rings is 1. The van der Waals surface area contributed by atoms with Gasteiger partial charge in [0.2, 0.25) is 0 Å². The van der Waals surface area contributed by atoms with Crippen LogP contribution in [0.5, 0.6) is 11.5 Å². The van der Waals surface area contributed by atoms with Crippen molar-refractivity contribution in [2.45, 2.75) is 18.9 Å². The third-order valence-corrected chi connectivity index (χ3v) is 4.89. The number of halogens is 1. The molecule has 0 aliphatic carbocycles. The molecule has 2 aromatic rings. The molecule has 0 spiro atoms. The largest absolute Gasteiger partial charge is 0.497 e. The van der Waals surface area contributed by atoms with E-state index in [-0.39, 0.29) is 5.91 Å². The molecule has 0 saturated carbocycles. The van der Waals surface area contributed by atoms with Gasteiger partial charge in [0, 0.05) is 59.9 Å². The molecule has 1 N–H and O–H groups in total. The summed E-state index contributed by atoms with van der Waals surface area (Å²) in [6, 6.07) is 7.86. The molecule has 2 heterocycles. The quantitative estimate of drug-likeness (QED) is 0.801. The maximum absolute atomic E-state index is 12.6. The summed E-state index contributed by atoms with van der Waals surface area (Å²) >= 11 is 3.36. The zero-order valence-corrected chi connectivity index (χ0v) is 16.5. The van der Waals surface area contributed by atoms with Crippen LogP contribution >= 0.6 is 15.9 Å². The molecule has 138 valence electrons. The Labute approximate surface area is 161 Å². The van der Waals surface area contributed by atoms with Crippen molar-refractivity contribution < 1.29 is 14.3 Å². The molecular weight excluding hydrogens is 398 g/mol. The van der Waals surface area contributed by atoms with Gasteiger partial charge in [0.15, 0.2) is 0 Å². The number of nitrogens with one attached hydrogen (secondary N) is 1. The van der Waals surface area contributed by atoms with Crippen LogP contribution in [0, 0.1) is 0 Å². The predicted octanol–water partition coefficient (Wildman–Crippen LogP) is 3.58. The molecule has 1 aromatic carbocycles. The number of hydrogen-bond acceptors (Lipinski definition) is 5. The molecule has 1 amide bonds. The summed E-state index contributed by atoms with van der Waals surface area (Å²) in [6.45, 7) is 1.42. The van der Waals surface area contributed by atoms with E-state index in [0.717, 1.165) is 34.5 Å². The molecule has 1 aliphatic rings. The topological polar surface area (TPSA) is 63.7 Å². The van der Waals surface area contributed by atoms with E-state index in [2.05, 4.69) is 26.2 Å². The number of methoxy groups -OCH3 is 2. The SMILES string of the molecule is COc1cc(NC2CCN(C(=O)c3cncc(Br)c3)CC2)cc(OC)c1. The van der Waals surface area contributed by atoms with Crippen LogP contribution in [0.1, 0.15) is 23.2 Å². The molecule has 1 aromatic heterocycles. The van der Waals surface area contributed by atoms with Gasteiger partial charge in [-0.3, -0.25) is 9.78 Å². The zero-order chi connectivity index (χ0) is 18.5. The number of aromatic nitrogens is 1. The van der Waals surface area contributed by atoms with E-state index in [0.29, 0.717) is 24.7 Å². The minimum absolute atomic E-state index is 0.0281. The van der Waals surface area contributed by atoms with Crippen molar-refractivity contribution in [3.63, 3.8) is 0 Å². The lowest BCUT2D eigenvalue weighted by molar-refractivity contribution is 0.0718. The summed E-state index contributed by atoms with van der Waals surface area (Å²) in [5.41, 5.74) is 1.57. The highest BCUT2D eigenvalue weighted by atomic mass is 79.9. The number of amides is 1. The van der Waals surface area contributed by atoms with Gasteiger partial charge >= 0.3 is 0 Å². The smallest absolute Gasteiger partial charge is 0.255 e. The lowest BCUT2D eigenvalue weighted by Crippen LogP contribution is -2.42. The van der Waals surface area contributed by atoms with Crippen molar-refractivity contribution in [2.24, 2.45) is 0 Å². The van der Waals surface area contributed by atoms with Gasteiger partial charge in [0.25, 0.3) is 5.91 Å². The number of ether oxygens (including phenoxy) is 2. The summed E-state index contributed by atoms with van der Waals surface area (Å²) in [7, 11) is 3.28. The Morgan fingerprint density at radius 1 is 1.12 bits per heavy atom. The second kappa shape index (κ2) is 8.40. The fourth-order valence-corrected chi connectivity index (χ4v) is 3.43. The normalized spacial score (nSPS) is 14.8. The number of pyridine rings is 1. The maximum Gasteiger partial charge on any atom is 0.255 e. The Morgan fingerprint density at radius 3 is 2.35 bits per heavy atom. The number of anilines is 1. The highest BCUT2D eigenvalue weighted by molar-refractivity contribution is 9.10. The molecule has 1 saturated heterocycles. The van der Waals surface area contributed by atoms with Crippen LogP contribution in [0.2, 0.25) is 0 Å². The van der Waals surface area contributed by atoms with Gasteiger partial charge in [-0.05, 0) is 34.8 Å². The van der Waals surface area contributed by atoms with Crippen LogP contribution in [0.15, 0.2) is 41.1 Å². The van der Waals surface area contributed by atoms with Crippen LogP contribution in [0.4, 0.5) is 5.69 Å². The second-order valence-electron chi connectivity index (χ2n) is 6.20. The molecule has 0 unspecified atom stereocenters. The molecule has 3 rings (SSSR count). The van der Waals surface area contributed by atoms with Crippen molar-refractivity contribution >= 4 is 27.5 Å². The number of carbonyl (C=O) groups excluding carboxylic acids is 1. The molecular formula is C19H22BrN3O3. The first-order valence-corrected chi connectivity index (χ1v) is 9.28. The van der Waals surface area contributed by atoms with Crippen LogP contribution < -0.4 is 14.8 Å². The summed E-state index contributed by atoms with van der Waals surface area (Å²) in [4.78, 5) is 18.6. The average molecular weight is 420 g/mol. The van der Waals surface area contributed by atoms with Crippen LogP contribution in [0.3, 0.4) is 0 Å². The first kappa shape index (κ1) is 18.5. The van der Waals surface area contributed by atoms with E-state index < -0.39 is 0 Å². The highest BCUT2D eigenvalue weighted by Gasteiger charge is 2.24. The van der Waals surface area contributed by atoms with E-state index in [1.54, 1.807) is 26.6 Å². The standard InChI is InChI=1S/C19H22BrN3O3/c1-25-17-8-16(9-18(10-17)26-2)22-15-3-5-23(6-4-15)19(24)13-7-14(20)12-21-11-13/h7-12,15,22H,3-6H2,1-2H3. The van der Waals surface area contributed by atoms with Crippen LogP contribution in [-0.2, 0) is 0 Å². The Balaban J connectivity index is 1.59. The van der Waals surface area contributed by atoms with Crippen molar-refractivity contribution in [2.75, 3.05) is 32.6 Å². The van der Waals surface area contributed by atoms with Gasteiger partial charge in [-0.2, -0.15) is 0 Å². The van der Waals surface area contributed by atoms with E-state index in [1.165, 1.54) is 0 Å². The number of hydrogen-bond donors (Lipinski definition) is 1. The molecule has 1 aliphatic heterocycles. The van der Waals surface area contributed by atoms with Crippen molar-refractivity contribution in [1.82, 2.24) is 9.88 Å². The van der Waals surface area contributed by atoms with Gasteiger partial charge in [-0.15, -0.1) is 0 Å². The minimum Gasteiger partial charge on any atom is -0.497 e. The lowest BCUT2D eigenvalue weighted by atomic mass is 10.0. The molecule has 1 fully saturated rings. The number of rotatable bonds is 5. The van der Waals surface area contributed by atoms with Crippen molar-refractivity contribution in [3.05, 3.63) is 46.7 Å². The number of nitrogens with zero attached hydrogens (tertiary/aromatic N) is 2. The molecule has 0 bridgehead atoms. The molecule has 6 nitrogen and oxygen atoms in total. The fraction of sp³-hybridized carbons (Fsp3) is 0.368. The number of benzene rings is 1. The van der Waals surface area contributed by atoms with E-state index in [4.69, 9.17) is 9.47 Å². The Morgan fingerprint density at radius 2 is 1.77 bits per heavy atom. The fourth-order valence-electron chi connectivity index (χ4n) is 3.06. The van der Waals surface area contributed by atoms with Gasteiger partial charge in [0.1, 0.15) is 11.5 Å². The third kappa shape index (κ3) is 4.46. The highest BCUT2D eigenvalue weighted by Crippen LogP contribution is 2.27. The van der Waals surface area contributed by atoms with E-state index in [9.17, 15) is 4.79 Å². The Hall–Kier alpha value is -2.28. The first-order chi connectivity index (χ1) is 12.6. The summed E-state index contributed by atoms with van der Waals surface area (Å²) in [5.74, 6) is 1.53. The van der Waals surface area contributed by atoms with Gasteiger partial charge < -0.3 is 19.7 Å². The molecule has 0 atom stereocenters. The maximum atomic E-state index is 12.6. The summed E-state index contributed by atoms with van der Waals surface area (Å²) < 4.78 is 11.4. The number of carbonyl (C=O) groups is 1. The van der Waals surface area contributed by atoms with Gasteiger partial charge in [-0.1, -0.05) is 0 Å². The molecule has 0 radical (unpaired) electrons. The monoisotopic (exact) mass is 419 g/mol. The van der Waals surface area contributed by atoms with E-state index in [1.807, 2.05) is 29.2 Å². The third-order valence-electron chi connectivity index (χ3n) is 4.46.